The largest absolute Gasteiger partial charge is 0.325 e. The third-order valence-corrected chi connectivity index (χ3v) is 5.22. The summed E-state index contributed by atoms with van der Waals surface area (Å²) in [5, 5.41) is 16.1. The summed E-state index contributed by atoms with van der Waals surface area (Å²) in [7, 11) is 0. The van der Waals surface area contributed by atoms with E-state index in [-0.39, 0.29) is 17.3 Å². The quantitative estimate of drug-likeness (QED) is 0.422. The molecule has 0 aliphatic carbocycles. The highest BCUT2D eigenvalue weighted by atomic mass is 16.6. The molecule has 29 heavy (non-hydrogen) atoms. The monoisotopic (exact) mass is 403 g/mol. The number of rotatable bonds is 6. The Morgan fingerprint density at radius 1 is 1.31 bits per heavy atom. The van der Waals surface area contributed by atoms with Crippen LogP contribution in [0.25, 0.3) is 0 Å². The molecule has 10 nitrogen and oxygen atoms in total. The van der Waals surface area contributed by atoms with E-state index in [0.717, 1.165) is 11.4 Å². The van der Waals surface area contributed by atoms with Crippen molar-refractivity contribution in [3.63, 3.8) is 0 Å². The lowest BCUT2D eigenvalue weighted by atomic mass is 9.87. The van der Waals surface area contributed by atoms with Crippen LogP contribution < -0.4 is 10.6 Å². The summed E-state index contributed by atoms with van der Waals surface area (Å²) in [5.74, 6) is -0.462. The molecule has 2 saturated heterocycles. The van der Waals surface area contributed by atoms with Gasteiger partial charge in [-0.25, -0.2) is 4.79 Å². The topological polar surface area (TPSA) is 125 Å². The van der Waals surface area contributed by atoms with Crippen molar-refractivity contribution in [1.82, 2.24) is 15.1 Å². The number of nitro groups is 1. The third-order valence-electron chi connectivity index (χ3n) is 5.22. The lowest BCUT2D eigenvalue weighted by Gasteiger charge is -2.37. The molecule has 1 spiro atoms. The number of hydrogen-bond acceptors (Lipinski definition) is 6. The number of nitro benzene ring substituents is 1. The van der Waals surface area contributed by atoms with E-state index < -0.39 is 28.9 Å². The van der Waals surface area contributed by atoms with Gasteiger partial charge in [0.25, 0.3) is 11.6 Å². The Labute approximate surface area is 168 Å². The highest BCUT2D eigenvalue weighted by molar-refractivity contribution is 6.10. The van der Waals surface area contributed by atoms with Crippen LogP contribution in [0.2, 0.25) is 0 Å². The zero-order valence-corrected chi connectivity index (χ0v) is 16.5. The molecule has 0 bridgehead atoms. The van der Waals surface area contributed by atoms with Crippen molar-refractivity contribution in [2.75, 3.05) is 31.5 Å². The number of carbonyl (C=O) groups is 3. The van der Waals surface area contributed by atoms with Gasteiger partial charge in [0.05, 0.1) is 4.92 Å². The van der Waals surface area contributed by atoms with E-state index in [1.807, 2.05) is 0 Å². The van der Waals surface area contributed by atoms with Gasteiger partial charge in [0.2, 0.25) is 5.91 Å². The zero-order chi connectivity index (χ0) is 21.2. The number of amides is 4. The second-order valence-electron chi connectivity index (χ2n) is 7.95. The molecule has 2 heterocycles. The normalized spacial score (nSPS) is 18.9. The van der Waals surface area contributed by atoms with E-state index in [2.05, 4.69) is 29.4 Å². The number of piperidine rings is 1. The van der Waals surface area contributed by atoms with Gasteiger partial charge in [-0.1, -0.05) is 19.9 Å². The Bertz CT molecular complexity index is 832. The number of non-ortho nitro benzene ring substituents is 1. The minimum absolute atomic E-state index is 0.162. The van der Waals surface area contributed by atoms with Gasteiger partial charge >= 0.3 is 6.03 Å². The van der Waals surface area contributed by atoms with Crippen LogP contribution in [0.15, 0.2) is 24.3 Å². The van der Waals surface area contributed by atoms with Gasteiger partial charge in [0.1, 0.15) is 12.1 Å². The fourth-order valence-corrected chi connectivity index (χ4v) is 3.83. The average Bonchev–Trinajstić information content (AvgIpc) is 2.88. The molecule has 4 amide bonds. The first-order chi connectivity index (χ1) is 13.7. The van der Waals surface area contributed by atoms with Crippen molar-refractivity contribution in [2.45, 2.75) is 32.2 Å². The van der Waals surface area contributed by atoms with E-state index in [0.29, 0.717) is 31.8 Å². The molecule has 0 radical (unpaired) electrons. The first-order valence-electron chi connectivity index (χ1n) is 9.61. The molecule has 3 rings (SSSR count). The Morgan fingerprint density at radius 3 is 2.62 bits per heavy atom. The average molecular weight is 403 g/mol. The molecule has 2 aliphatic rings. The summed E-state index contributed by atoms with van der Waals surface area (Å²) >= 11 is 0. The molecule has 0 aromatic heterocycles. The Hall–Kier alpha value is -3.01. The fourth-order valence-electron chi connectivity index (χ4n) is 3.83. The van der Waals surface area contributed by atoms with E-state index in [1.54, 1.807) is 0 Å². The first-order valence-corrected chi connectivity index (χ1v) is 9.61. The van der Waals surface area contributed by atoms with Crippen molar-refractivity contribution in [1.29, 1.82) is 0 Å². The fraction of sp³-hybridized carbons (Fsp3) is 0.526. The van der Waals surface area contributed by atoms with Crippen LogP contribution in [0, 0.1) is 16.0 Å². The number of nitrogens with one attached hydrogen (secondary N) is 2. The summed E-state index contributed by atoms with van der Waals surface area (Å²) in [6.07, 6.45) is 1.01. The van der Waals surface area contributed by atoms with Crippen molar-refractivity contribution in [3.8, 4) is 0 Å². The number of imide groups is 1. The van der Waals surface area contributed by atoms with Crippen molar-refractivity contribution < 1.29 is 19.3 Å². The van der Waals surface area contributed by atoms with Crippen molar-refractivity contribution in [2.24, 2.45) is 5.92 Å². The molecule has 1 aromatic rings. The summed E-state index contributed by atoms with van der Waals surface area (Å²) in [5.41, 5.74) is -0.881. The second-order valence-corrected chi connectivity index (χ2v) is 7.95. The van der Waals surface area contributed by atoms with E-state index in [9.17, 15) is 24.5 Å². The van der Waals surface area contributed by atoms with Gasteiger partial charge in [-0.05, 0) is 24.8 Å². The molecule has 2 aliphatic heterocycles. The van der Waals surface area contributed by atoms with E-state index in [4.69, 9.17) is 0 Å². The first kappa shape index (κ1) is 20.7. The summed E-state index contributed by atoms with van der Waals surface area (Å²) in [6.45, 7) is 6.18. The van der Waals surface area contributed by atoms with E-state index in [1.165, 1.54) is 24.3 Å². The smallest absolute Gasteiger partial charge is 0.324 e. The highest BCUT2D eigenvalue weighted by Crippen LogP contribution is 2.29. The molecule has 2 N–H and O–H groups in total. The predicted octanol–water partition coefficient (Wildman–Crippen LogP) is 1.58. The summed E-state index contributed by atoms with van der Waals surface area (Å²) in [4.78, 5) is 51.1. The Kier molecular flexibility index (Phi) is 5.83. The van der Waals surface area contributed by atoms with Gasteiger partial charge in [-0.3, -0.25) is 24.6 Å². The maximum Gasteiger partial charge on any atom is 0.325 e. The van der Waals surface area contributed by atoms with Crippen LogP contribution in [0.4, 0.5) is 16.2 Å². The molecule has 0 saturated carbocycles. The molecule has 2 fully saturated rings. The second kappa shape index (κ2) is 8.16. The number of benzene rings is 1. The zero-order valence-electron chi connectivity index (χ0n) is 16.5. The van der Waals surface area contributed by atoms with Gasteiger partial charge in [-0.2, -0.15) is 0 Å². The summed E-state index contributed by atoms with van der Waals surface area (Å²) < 4.78 is 0. The number of anilines is 1. The van der Waals surface area contributed by atoms with Gasteiger partial charge in [0, 0.05) is 37.5 Å². The van der Waals surface area contributed by atoms with Crippen LogP contribution in [0.5, 0.6) is 0 Å². The highest BCUT2D eigenvalue weighted by Gasteiger charge is 2.52. The standard InChI is InChI=1S/C19H25N5O5/c1-13(2)11-22-8-6-19(7-9-22)17(26)23(18(27)21-19)12-16(25)20-14-4-3-5-15(10-14)24(28)29/h3-5,10,13H,6-9,11-12H2,1-2H3,(H,20,25)(H,21,27). The third kappa shape index (κ3) is 4.53. The van der Waals surface area contributed by atoms with Crippen molar-refractivity contribution >= 4 is 29.2 Å². The van der Waals surface area contributed by atoms with Crippen LogP contribution in [0.1, 0.15) is 26.7 Å². The minimum Gasteiger partial charge on any atom is -0.324 e. The maximum absolute atomic E-state index is 12.9. The predicted molar refractivity (Wildman–Crippen MR) is 105 cm³/mol. The molecule has 156 valence electrons. The number of likely N-dealkylation sites (tertiary alicyclic amines) is 1. The molecular formula is C19H25N5O5. The molecule has 0 unspecified atom stereocenters. The lowest BCUT2D eigenvalue weighted by Crippen LogP contribution is -2.55. The lowest BCUT2D eigenvalue weighted by molar-refractivity contribution is -0.384. The number of nitrogens with zero attached hydrogens (tertiary/aromatic N) is 3. The van der Waals surface area contributed by atoms with Gasteiger partial charge < -0.3 is 15.5 Å². The van der Waals surface area contributed by atoms with Crippen LogP contribution in [0.3, 0.4) is 0 Å². The Balaban J connectivity index is 1.61. The number of carbonyl (C=O) groups excluding carboxylic acids is 3. The Morgan fingerprint density at radius 2 is 2.00 bits per heavy atom. The SMILES string of the molecule is CC(C)CN1CCC2(CC1)NC(=O)N(CC(=O)Nc1cccc([N+](=O)[O-])c1)C2=O. The van der Waals surface area contributed by atoms with Crippen LogP contribution in [-0.4, -0.2) is 64.3 Å². The van der Waals surface area contributed by atoms with Crippen molar-refractivity contribution in [3.05, 3.63) is 34.4 Å². The molecule has 0 atom stereocenters. The number of hydrogen-bond donors (Lipinski definition) is 2. The van der Waals surface area contributed by atoms with Crippen LogP contribution >= 0.6 is 0 Å². The minimum atomic E-state index is -0.948. The molecule has 1 aromatic carbocycles. The van der Waals surface area contributed by atoms with Gasteiger partial charge in [0.15, 0.2) is 0 Å². The van der Waals surface area contributed by atoms with Crippen LogP contribution in [-0.2, 0) is 9.59 Å². The van der Waals surface area contributed by atoms with Gasteiger partial charge in [-0.15, -0.1) is 0 Å². The molecule has 10 heteroatoms. The maximum atomic E-state index is 12.9. The molecular weight excluding hydrogens is 378 g/mol. The van der Waals surface area contributed by atoms with E-state index >= 15 is 0 Å². The number of urea groups is 1. The summed E-state index contributed by atoms with van der Waals surface area (Å²) in [6, 6.07) is 4.89.